The lowest BCUT2D eigenvalue weighted by Crippen LogP contribution is -2.42. The van der Waals surface area contributed by atoms with Crippen molar-refractivity contribution in [3.63, 3.8) is 0 Å². The Kier molecular flexibility index (Phi) is 7.76. The highest BCUT2D eigenvalue weighted by Gasteiger charge is 2.21. The third kappa shape index (κ3) is 5.80. The molecular formula is C12H25NO3. The van der Waals surface area contributed by atoms with Crippen LogP contribution in [0.25, 0.3) is 0 Å². The lowest BCUT2D eigenvalue weighted by molar-refractivity contribution is 0.0653. The Balaban J connectivity index is 1.90. The first kappa shape index (κ1) is 13.9. The number of aliphatic hydroxyl groups is 1. The summed E-state index contributed by atoms with van der Waals surface area (Å²) in [7, 11) is 1.68. The van der Waals surface area contributed by atoms with Crippen molar-refractivity contribution < 1.29 is 14.6 Å². The zero-order chi connectivity index (χ0) is 11.6. The topological polar surface area (TPSA) is 50.7 Å². The normalized spacial score (nSPS) is 25.9. The van der Waals surface area contributed by atoms with Crippen molar-refractivity contribution in [3.8, 4) is 0 Å². The van der Waals surface area contributed by atoms with E-state index < -0.39 is 0 Å². The Morgan fingerprint density at radius 3 is 2.75 bits per heavy atom. The predicted octanol–water partition coefficient (Wildman–Crippen LogP) is 0.933. The van der Waals surface area contributed by atoms with E-state index in [9.17, 15) is 5.11 Å². The number of nitrogens with one attached hydrogen (secondary N) is 1. The zero-order valence-electron chi connectivity index (χ0n) is 10.3. The molecule has 0 saturated heterocycles. The molecule has 0 unspecified atom stereocenters. The molecule has 0 aromatic heterocycles. The highest BCUT2D eigenvalue weighted by atomic mass is 16.5. The summed E-state index contributed by atoms with van der Waals surface area (Å²) in [4.78, 5) is 0. The second-order valence-electron chi connectivity index (χ2n) is 4.37. The van der Waals surface area contributed by atoms with Gasteiger partial charge in [-0.15, -0.1) is 0 Å². The van der Waals surface area contributed by atoms with Crippen molar-refractivity contribution in [2.75, 3.05) is 33.5 Å². The van der Waals surface area contributed by atoms with Crippen LogP contribution in [0.4, 0.5) is 0 Å². The van der Waals surface area contributed by atoms with Gasteiger partial charge in [0.1, 0.15) is 0 Å². The second kappa shape index (κ2) is 8.93. The van der Waals surface area contributed by atoms with Gasteiger partial charge in [-0.05, 0) is 25.8 Å². The minimum Gasteiger partial charge on any atom is -0.392 e. The maximum absolute atomic E-state index is 9.73. The third-order valence-corrected chi connectivity index (χ3v) is 3.03. The van der Waals surface area contributed by atoms with Crippen LogP contribution in [-0.2, 0) is 9.47 Å². The first-order valence-corrected chi connectivity index (χ1v) is 6.32. The molecule has 0 spiro atoms. The van der Waals surface area contributed by atoms with Gasteiger partial charge in [-0.3, -0.25) is 0 Å². The predicted molar refractivity (Wildman–Crippen MR) is 63.6 cm³/mol. The first-order chi connectivity index (χ1) is 7.84. The van der Waals surface area contributed by atoms with Gasteiger partial charge < -0.3 is 19.9 Å². The van der Waals surface area contributed by atoms with Gasteiger partial charge in [0.05, 0.1) is 19.3 Å². The van der Waals surface area contributed by atoms with E-state index in [1.165, 1.54) is 12.8 Å². The van der Waals surface area contributed by atoms with Gasteiger partial charge in [0, 0.05) is 19.8 Å². The van der Waals surface area contributed by atoms with Gasteiger partial charge in [0.15, 0.2) is 0 Å². The van der Waals surface area contributed by atoms with E-state index in [-0.39, 0.29) is 6.10 Å². The van der Waals surface area contributed by atoms with Crippen LogP contribution in [0.3, 0.4) is 0 Å². The maximum Gasteiger partial charge on any atom is 0.0700 e. The molecule has 1 aliphatic rings. The molecule has 0 aromatic carbocycles. The average molecular weight is 231 g/mol. The van der Waals surface area contributed by atoms with Crippen molar-refractivity contribution in [1.82, 2.24) is 5.32 Å². The molecule has 16 heavy (non-hydrogen) atoms. The highest BCUT2D eigenvalue weighted by Crippen LogP contribution is 2.18. The van der Waals surface area contributed by atoms with E-state index in [2.05, 4.69) is 5.32 Å². The summed E-state index contributed by atoms with van der Waals surface area (Å²) in [6, 6.07) is 0.299. The van der Waals surface area contributed by atoms with Crippen LogP contribution in [-0.4, -0.2) is 50.7 Å². The molecule has 2 atom stereocenters. The van der Waals surface area contributed by atoms with Crippen LogP contribution in [0, 0.1) is 0 Å². The SMILES string of the molecule is COCCOCCCN[C@H]1CCCC[C@@H]1O. The van der Waals surface area contributed by atoms with Crippen molar-refractivity contribution in [3.05, 3.63) is 0 Å². The van der Waals surface area contributed by atoms with Gasteiger partial charge in [-0.1, -0.05) is 12.8 Å². The summed E-state index contributed by atoms with van der Waals surface area (Å²) in [5.41, 5.74) is 0. The van der Waals surface area contributed by atoms with E-state index >= 15 is 0 Å². The Labute approximate surface area is 98.3 Å². The van der Waals surface area contributed by atoms with Gasteiger partial charge in [-0.2, -0.15) is 0 Å². The number of methoxy groups -OCH3 is 1. The largest absolute Gasteiger partial charge is 0.392 e. The number of hydrogen-bond acceptors (Lipinski definition) is 4. The molecule has 0 radical (unpaired) electrons. The van der Waals surface area contributed by atoms with E-state index in [0.29, 0.717) is 19.3 Å². The van der Waals surface area contributed by atoms with Crippen LogP contribution in [0.5, 0.6) is 0 Å². The molecule has 4 nitrogen and oxygen atoms in total. The van der Waals surface area contributed by atoms with E-state index in [4.69, 9.17) is 9.47 Å². The van der Waals surface area contributed by atoms with Crippen LogP contribution >= 0.6 is 0 Å². The summed E-state index contributed by atoms with van der Waals surface area (Å²) in [5, 5.41) is 13.1. The molecule has 0 amide bonds. The molecule has 1 rings (SSSR count). The Morgan fingerprint density at radius 2 is 2.00 bits per heavy atom. The molecular weight excluding hydrogens is 206 g/mol. The molecule has 1 fully saturated rings. The molecule has 1 aliphatic carbocycles. The van der Waals surface area contributed by atoms with Crippen molar-refractivity contribution in [2.45, 2.75) is 44.2 Å². The molecule has 2 N–H and O–H groups in total. The van der Waals surface area contributed by atoms with Gasteiger partial charge in [-0.25, -0.2) is 0 Å². The standard InChI is InChI=1S/C12H25NO3/c1-15-9-10-16-8-4-7-13-11-5-2-3-6-12(11)14/h11-14H,2-10H2,1H3/t11-,12-/m0/s1. The van der Waals surface area contributed by atoms with Crippen LogP contribution < -0.4 is 5.32 Å². The fourth-order valence-corrected chi connectivity index (χ4v) is 2.06. The second-order valence-corrected chi connectivity index (χ2v) is 4.37. The maximum atomic E-state index is 9.73. The number of rotatable bonds is 8. The summed E-state index contributed by atoms with van der Waals surface area (Å²) < 4.78 is 10.2. The molecule has 0 aliphatic heterocycles. The molecule has 0 heterocycles. The van der Waals surface area contributed by atoms with Gasteiger partial charge in [0.2, 0.25) is 0 Å². The number of ether oxygens (including phenoxy) is 2. The minimum atomic E-state index is -0.150. The van der Waals surface area contributed by atoms with Crippen LogP contribution in [0.15, 0.2) is 0 Å². The Hall–Kier alpha value is -0.160. The zero-order valence-corrected chi connectivity index (χ0v) is 10.3. The monoisotopic (exact) mass is 231 g/mol. The lowest BCUT2D eigenvalue weighted by atomic mass is 9.92. The van der Waals surface area contributed by atoms with Crippen LogP contribution in [0.2, 0.25) is 0 Å². The molecule has 96 valence electrons. The summed E-state index contributed by atoms with van der Waals surface area (Å²) in [5.74, 6) is 0. The molecule has 0 bridgehead atoms. The lowest BCUT2D eigenvalue weighted by Gasteiger charge is -2.28. The Morgan fingerprint density at radius 1 is 1.19 bits per heavy atom. The van der Waals surface area contributed by atoms with Crippen molar-refractivity contribution >= 4 is 0 Å². The van der Waals surface area contributed by atoms with E-state index in [1.54, 1.807) is 7.11 Å². The quantitative estimate of drug-likeness (QED) is 0.610. The summed E-state index contributed by atoms with van der Waals surface area (Å²) in [6.07, 6.45) is 5.29. The van der Waals surface area contributed by atoms with Crippen molar-refractivity contribution in [1.29, 1.82) is 0 Å². The molecule has 0 aromatic rings. The molecule has 1 saturated carbocycles. The molecule has 4 heteroatoms. The minimum absolute atomic E-state index is 0.150. The summed E-state index contributed by atoms with van der Waals surface area (Å²) in [6.45, 7) is 3.02. The third-order valence-electron chi connectivity index (χ3n) is 3.03. The average Bonchev–Trinajstić information content (AvgIpc) is 2.30. The smallest absolute Gasteiger partial charge is 0.0700 e. The van der Waals surface area contributed by atoms with Gasteiger partial charge >= 0.3 is 0 Å². The van der Waals surface area contributed by atoms with E-state index in [1.807, 2.05) is 0 Å². The van der Waals surface area contributed by atoms with Gasteiger partial charge in [0.25, 0.3) is 0 Å². The fraction of sp³-hybridized carbons (Fsp3) is 1.00. The van der Waals surface area contributed by atoms with Crippen molar-refractivity contribution in [2.24, 2.45) is 0 Å². The fourth-order valence-electron chi connectivity index (χ4n) is 2.06. The Bertz CT molecular complexity index is 166. The van der Waals surface area contributed by atoms with E-state index in [0.717, 1.165) is 32.4 Å². The summed E-state index contributed by atoms with van der Waals surface area (Å²) >= 11 is 0. The number of aliphatic hydroxyl groups excluding tert-OH is 1. The van der Waals surface area contributed by atoms with Crippen LogP contribution in [0.1, 0.15) is 32.1 Å². The first-order valence-electron chi connectivity index (χ1n) is 6.32. The highest BCUT2D eigenvalue weighted by molar-refractivity contribution is 4.79. The number of hydrogen-bond donors (Lipinski definition) is 2.